The topological polar surface area (TPSA) is 185 Å². The molecule has 15 nitrogen and oxygen atoms in total. The Kier molecular flexibility index (Phi) is 11.1. The second kappa shape index (κ2) is 14.0. The number of nitrogens with two attached hydrogens (primary N) is 1. The van der Waals surface area contributed by atoms with Gasteiger partial charge in [0.25, 0.3) is 0 Å². The lowest BCUT2D eigenvalue weighted by atomic mass is 10.4. The van der Waals surface area contributed by atoms with Crippen molar-refractivity contribution in [2.45, 2.75) is 19.6 Å². The molecule has 2 rings (SSSR count). The molecule has 0 spiro atoms. The number of ether oxygens (including phenoxy) is 5. The van der Waals surface area contributed by atoms with Crippen molar-refractivity contribution in [2.75, 3.05) is 38.9 Å². The molecule has 0 unspecified atom stereocenters. The average molecular weight is 515 g/mol. The fourth-order valence-corrected chi connectivity index (χ4v) is 3.43. The minimum absolute atomic E-state index is 0.0895. The maximum atomic E-state index is 13.0. The van der Waals surface area contributed by atoms with Crippen molar-refractivity contribution >= 4 is 36.9 Å². The van der Waals surface area contributed by atoms with Crippen LogP contribution in [0.4, 0.5) is 15.4 Å². The van der Waals surface area contributed by atoms with E-state index in [1.807, 2.05) is 0 Å². The first-order valence-corrected chi connectivity index (χ1v) is 11.7. The van der Waals surface area contributed by atoms with Gasteiger partial charge in [-0.3, -0.25) is 13.6 Å². The van der Waals surface area contributed by atoms with Gasteiger partial charge >= 0.3 is 19.9 Å². The molecule has 2 aromatic heterocycles. The van der Waals surface area contributed by atoms with Gasteiger partial charge in [-0.15, -0.1) is 0 Å². The highest BCUT2D eigenvalue weighted by Gasteiger charge is 2.28. The Morgan fingerprint density at radius 1 is 1.06 bits per heavy atom. The molecule has 0 aliphatic carbocycles. The predicted octanol–water partition coefficient (Wildman–Crippen LogP) is 2.59. The highest BCUT2D eigenvalue weighted by molar-refractivity contribution is 7.53. The van der Waals surface area contributed by atoms with E-state index >= 15 is 0 Å². The maximum Gasteiger partial charge on any atom is 0.510 e. The first kappa shape index (κ1) is 27.7. The highest BCUT2D eigenvalue weighted by Crippen LogP contribution is 2.48. The first-order valence-electron chi connectivity index (χ1n) is 10.00. The van der Waals surface area contributed by atoms with Crippen LogP contribution in [0.5, 0.6) is 0 Å². The molecule has 35 heavy (non-hydrogen) atoms. The third-order valence-electron chi connectivity index (χ3n) is 3.89. The van der Waals surface area contributed by atoms with Gasteiger partial charge in [-0.2, -0.15) is 0 Å². The molecule has 0 saturated heterocycles. The van der Waals surface area contributed by atoms with Gasteiger partial charge in [-0.1, -0.05) is 25.3 Å². The Labute approximate surface area is 200 Å². The second-order valence-corrected chi connectivity index (χ2v) is 8.52. The molecule has 0 saturated carbocycles. The van der Waals surface area contributed by atoms with Crippen molar-refractivity contribution in [1.82, 2.24) is 19.5 Å². The van der Waals surface area contributed by atoms with Gasteiger partial charge < -0.3 is 34.0 Å². The third-order valence-corrected chi connectivity index (χ3v) is 5.35. The van der Waals surface area contributed by atoms with E-state index in [1.54, 1.807) is 11.5 Å². The molecule has 0 aromatic carbocycles. The molecular formula is C19H26N5O10P. The Morgan fingerprint density at radius 3 is 2.23 bits per heavy atom. The number of carbonyl (C=O) groups excluding carboxylic acids is 2. The molecule has 2 N–H and O–H groups in total. The number of anilines is 1. The number of nitrogens with zero attached hydrogens (tertiary/aromatic N) is 4. The zero-order valence-electron chi connectivity index (χ0n) is 18.9. The van der Waals surface area contributed by atoms with Crippen LogP contribution in [0.15, 0.2) is 38.0 Å². The van der Waals surface area contributed by atoms with Crippen molar-refractivity contribution in [2.24, 2.45) is 0 Å². The van der Waals surface area contributed by atoms with E-state index in [-0.39, 0.29) is 25.6 Å². The Bertz CT molecular complexity index is 1030. The van der Waals surface area contributed by atoms with E-state index in [4.69, 9.17) is 19.5 Å². The lowest BCUT2D eigenvalue weighted by molar-refractivity contribution is -0.0264. The number of aromatic nitrogens is 4. The van der Waals surface area contributed by atoms with Gasteiger partial charge in [-0.05, 0) is 6.92 Å². The lowest BCUT2D eigenvalue weighted by Gasteiger charge is -2.20. The van der Waals surface area contributed by atoms with Crippen LogP contribution in [0.25, 0.3) is 11.2 Å². The summed E-state index contributed by atoms with van der Waals surface area (Å²) < 4.78 is 49.0. The average Bonchev–Trinajstić information content (AvgIpc) is 3.24. The summed E-state index contributed by atoms with van der Waals surface area (Å²) in [7, 11) is -4.08. The predicted molar refractivity (Wildman–Crippen MR) is 120 cm³/mol. The zero-order valence-corrected chi connectivity index (χ0v) is 19.8. The number of hydrogen-bond acceptors (Lipinski definition) is 14. The smallest absolute Gasteiger partial charge is 0.430 e. The number of carbonyl (C=O) groups is 2. The molecule has 16 heteroatoms. The van der Waals surface area contributed by atoms with Gasteiger partial charge in [0, 0.05) is 0 Å². The molecule has 2 heterocycles. The zero-order chi connectivity index (χ0) is 25.7. The summed E-state index contributed by atoms with van der Waals surface area (Å²) in [6.07, 6.45) is 2.20. The second-order valence-electron chi connectivity index (χ2n) is 6.53. The molecule has 0 bridgehead atoms. The van der Waals surface area contributed by atoms with Crippen LogP contribution in [0.2, 0.25) is 0 Å². The normalized spacial score (nSPS) is 12.0. The van der Waals surface area contributed by atoms with Crippen molar-refractivity contribution in [3.63, 3.8) is 0 Å². The molecule has 0 radical (unpaired) electrons. The summed E-state index contributed by atoms with van der Waals surface area (Å²) in [4.78, 5) is 35.0. The molecule has 0 aliphatic rings. The van der Waals surface area contributed by atoms with Crippen LogP contribution in [0, 0.1) is 0 Å². The van der Waals surface area contributed by atoms with E-state index in [2.05, 4.69) is 47.1 Å². The standard InChI is InChI=1S/C19H26N5O10P/c1-4-6-28-18(25)30-11-33-35(27,34-12-31-19(26)29-7-5-2)13-32-14(3)8-24-10-23-15-16(20)21-9-22-17(15)24/h4-5,9-10,14H,1-2,6-8,11-13H2,3H3,(H2,20,21,22)/t14-/m1/s1. The van der Waals surface area contributed by atoms with Gasteiger partial charge in [0.15, 0.2) is 11.5 Å². The first-order chi connectivity index (χ1) is 16.8. The van der Waals surface area contributed by atoms with Crippen LogP contribution in [0.1, 0.15) is 6.92 Å². The number of nitrogen functional groups attached to an aromatic ring is 1. The number of fused-ring (bicyclic) bond motifs is 1. The summed E-state index contributed by atoms with van der Waals surface area (Å²) in [5, 5.41) is 0. The minimum Gasteiger partial charge on any atom is -0.430 e. The number of hydrogen-bond donors (Lipinski definition) is 1. The molecule has 0 aliphatic heterocycles. The van der Waals surface area contributed by atoms with Gasteiger partial charge in [0.1, 0.15) is 31.4 Å². The van der Waals surface area contributed by atoms with Gasteiger partial charge in [-0.25, -0.2) is 24.5 Å². The summed E-state index contributed by atoms with van der Waals surface area (Å²) >= 11 is 0. The van der Waals surface area contributed by atoms with Crippen molar-refractivity contribution in [3.05, 3.63) is 38.0 Å². The Hall–Kier alpha value is -3.52. The molecule has 0 amide bonds. The Balaban J connectivity index is 1.94. The van der Waals surface area contributed by atoms with Crippen molar-refractivity contribution < 1.29 is 46.9 Å². The molecular weight excluding hydrogens is 489 g/mol. The van der Waals surface area contributed by atoms with Gasteiger partial charge in [0.2, 0.25) is 13.6 Å². The largest absolute Gasteiger partial charge is 0.510 e. The van der Waals surface area contributed by atoms with E-state index < -0.39 is 45.9 Å². The fourth-order valence-electron chi connectivity index (χ4n) is 2.34. The van der Waals surface area contributed by atoms with Crippen LogP contribution in [0.3, 0.4) is 0 Å². The van der Waals surface area contributed by atoms with Crippen molar-refractivity contribution in [1.29, 1.82) is 0 Å². The molecule has 192 valence electrons. The van der Waals surface area contributed by atoms with Crippen LogP contribution in [-0.2, 0) is 43.8 Å². The van der Waals surface area contributed by atoms with Gasteiger partial charge in [0.05, 0.1) is 19.0 Å². The molecule has 0 fully saturated rings. The molecule has 2 aromatic rings. The number of imidazole rings is 1. The number of rotatable bonds is 15. The quantitative estimate of drug-likeness (QED) is 0.158. The summed E-state index contributed by atoms with van der Waals surface area (Å²) in [5.41, 5.74) is 6.69. The maximum absolute atomic E-state index is 13.0. The lowest BCUT2D eigenvalue weighted by Crippen LogP contribution is -2.19. The van der Waals surface area contributed by atoms with Crippen LogP contribution in [-0.4, -0.2) is 71.1 Å². The Morgan fingerprint density at radius 2 is 1.66 bits per heavy atom. The summed E-state index contributed by atoms with van der Waals surface area (Å²) in [6.45, 7) is 6.97. The van der Waals surface area contributed by atoms with E-state index in [0.29, 0.717) is 11.2 Å². The van der Waals surface area contributed by atoms with E-state index in [1.165, 1.54) is 24.8 Å². The van der Waals surface area contributed by atoms with Crippen molar-refractivity contribution in [3.8, 4) is 0 Å². The SMILES string of the molecule is C=CCOC(=O)OCOP(=O)(CO[C@H](C)Cn1cnc2c(N)ncnc21)OCOC(=O)OCC=C. The van der Waals surface area contributed by atoms with Crippen LogP contribution >= 0.6 is 7.60 Å². The summed E-state index contributed by atoms with van der Waals surface area (Å²) in [6, 6.07) is 0. The fraction of sp³-hybridized carbons (Fsp3) is 0.421. The van der Waals surface area contributed by atoms with Crippen LogP contribution < -0.4 is 5.73 Å². The van der Waals surface area contributed by atoms with E-state index in [0.717, 1.165) is 0 Å². The highest BCUT2D eigenvalue weighted by atomic mass is 31.2. The third kappa shape index (κ3) is 9.33. The summed E-state index contributed by atoms with van der Waals surface area (Å²) in [5.74, 6) is 0.229. The molecule has 1 atom stereocenters. The minimum atomic E-state index is -4.08. The van der Waals surface area contributed by atoms with E-state index in [9.17, 15) is 14.2 Å². The monoisotopic (exact) mass is 515 g/mol.